The van der Waals surface area contributed by atoms with E-state index in [-0.39, 0.29) is 17.3 Å². The quantitative estimate of drug-likeness (QED) is 0.466. The number of rotatable bonds is 4. The lowest BCUT2D eigenvalue weighted by atomic mass is 10.0. The van der Waals surface area contributed by atoms with Crippen LogP contribution in [0.15, 0.2) is 36.5 Å². The maximum absolute atomic E-state index is 14.1. The van der Waals surface area contributed by atoms with E-state index in [2.05, 4.69) is 15.2 Å². The third kappa shape index (κ3) is 3.18. The molecule has 0 unspecified atom stereocenters. The van der Waals surface area contributed by atoms with Crippen molar-refractivity contribution in [3.8, 4) is 16.9 Å². The Labute approximate surface area is 165 Å². The molecule has 0 saturated heterocycles. The Morgan fingerprint density at radius 3 is 2.31 bits per heavy atom. The minimum Gasteiger partial charge on any atom is -0.272 e. The van der Waals surface area contributed by atoms with Crippen LogP contribution < -0.4 is 0 Å². The molecule has 0 N–H and O–H groups in total. The average Bonchev–Trinajstić information content (AvgIpc) is 3.22. The number of benzene rings is 1. The molecule has 0 aliphatic heterocycles. The molecule has 0 fully saturated rings. The summed E-state index contributed by atoms with van der Waals surface area (Å²) in [5.41, 5.74) is 3.17. The number of hydrogen-bond acceptors (Lipinski definition) is 3. The van der Waals surface area contributed by atoms with Gasteiger partial charge in [-0.25, -0.2) is 22.8 Å². The number of alkyl halides is 2. The van der Waals surface area contributed by atoms with Gasteiger partial charge in [-0.3, -0.25) is 4.68 Å². The van der Waals surface area contributed by atoms with Crippen molar-refractivity contribution in [1.82, 2.24) is 24.5 Å². The smallest absolute Gasteiger partial charge is 0.264 e. The van der Waals surface area contributed by atoms with E-state index >= 15 is 0 Å². The first-order chi connectivity index (χ1) is 13.8. The second kappa shape index (κ2) is 7.02. The summed E-state index contributed by atoms with van der Waals surface area (Å²) in [4.78, 5) is 4.68. The molecular formula is C21H20F3N5. The van der Waals surface area contributed by atoms with Gasteiger partial charge >= 0.3 is 0 Å². The summed E-state index contributed by atoms with van der Waals surface area (Å²) in [6.45, 7) is 5.64. The van der Waals surface area contributed by atoms with Crippen LogP contribution in [0.2, 0.25) is 0 Å². The predicted molar refractivity (Wildman–Crippen MR) is 105 cm³/mol. The van der Waals surface area contributed by atoms with Crippen LogP contribution in [0.5, 0.6) is 0 Å². The maximum Gasteiger partial charge on any atom is 0.264 e. The highest BCUT2D eigenvalue weighted by molar-refractivity contribution is 5.87. The van der Waals surface area contributed by atoms with E-state index in [0.29, 0.717) is 33.7 Å². The van der Waals surface area contributed by atoms with Crippen molar-refractivity contribution < 1.29 is 13.2 Å². The summed E-state index contributed by atoms with van der Waals surface area (Å²) in [6, 6.07) is 7.14. The van der Waals surface area contributed by atoms with E-state index in [0.717, 1.165) is 5.69 Å². The molecule has 4 aromatic rings. The van der Waals surface area contributed by atoms with Crippen LogP contribution in [-0.4, -0.2) is 24.5 Å². The van der Waals surface area contributed by atoms with E-state index in [9.17, 15) is 13.2 Å². The van der Waals surface area contributed by atoms with Gasteiger partial charge in [0, 0.05) is 23.9 Å². The fourth-order valence-corrected chi connectivity index (χ4v) is 3.40. The number of aryl methyl sites for hydroxylation is 1. The summed E-state index contributed by atoms with van der Waals surface area (Å²) in [5, 5.41) is 9.11. The predicted octanol–water partition coefficient (Wildman–Crippen LogP) is 5.33. The molecule has 150 valence electrons. The Kier molecular flexibility index (Phi) is 4.64. The van der Waals surface area contributed by atoms with Gasteiger partial charge in [0.15, 0.2) is 5.65 Å². The van der Waals surface area contributed by atoms with Crippen molar-refractivity contribution in [2.75, 3.05) is 0 Å². The van der Waals surface area contributed by atoms with Crippen molar-refractivity contribution in [2.45, 2.75) is 33.1 Å². The van der Waals surface area contributed by atoms with Crippen molar-refractivity contribution in [2.24, 2.45) is 7.05 Å². The van der Waals surface area contributed by atoms with Gasteiger partial charge in [0.1, 0.15) is 5.82 Å². The first-order valence-corrected chi connectivity index (χ1v) is 9.24. The van der Waals surface area contributed by atoms with E-state index < -0.39 is 6.43 Å². The Morgan fingerprint density at radius 2 is 1.76 bits per heavy atom. The van der Waals surface area contributed by atoms with Crippen molar-refractivity contribution in [3.63, 3.8) is 0 Å². The third-order valence-electron chi connectivity index (χ3n) is 5.06. The van der Waals surface area contributed by atoms with Gasteiger partial charge in [0.25, 0.3) is 6.43 Å². The highest BCUT2D eigenvalue weighted by atomic mass is 19.3. The molecule has 5 nitrogen and oxygen atoms in total. The molecule has 0 radical (unpaired) electrons. The molecule has 0 bridgehead atoms. The Hall–Kier alpha value is -3.16. The number of aromatic nitrogens is 5. The molecule has 29 heavy (non-hydrogen) atoms. The molecular weight excluding hydrogens is 379 g/mol. The number of halogens is 3. The summed E-state index contributed by atoms with van der Waals surface area (Å²) in [5.74, 6) is -0.480. The molecule has 1 aromatic carbocycles. The molecule has 0 aliphatic rings. The van der Waals surface area contributed by atoms with E-state index in [1.165, 1.54) is 22.9 Å². The lowest BCUT2D eigenvalue weighted by Gasteiger charge is -2.09. The van der Waals surface area contributed by atoms with Gasteiger partial charge in [-0.15, -0.1) is 0 Å². The molecule has 0 amide bonds. The molecule has 8 heteroatoms. The zero-order valence-corrected chi connectivity index (χ0v) is 16.5. The monoisotopic (exact) mass is 399 g/mol. The van der Waals surface area contributed by atoms with Crippen molar-refractivity contribution in [1.29, 1.82) is 0 Å². The van der Waals surface area contributed by atoms with Gasteiger partial charge in [-0.2, -0.15) is 10.2 Å². The fourth-order valence-electron chi connectivity index (χ4n) is 3.40. The zero-order valence-electron chi connectivity index (χ0n) is 16.5. The Balaban J connectivity index is 2.08. The third-order valence-corrected chi connectivity index (χ3v) is 5.06. The number of pyridine rings is 1. The average molecular weight is 399 g/mol. The molecule has 0 spiro atoms. The minimum atomic E-state index is -2.69. The highest BCUT2D eigenvalue weighted by Crippen LogP contribution is 2.37. The van der Waals surface area contributed by atoms with E-state index in [1.54, 1.807) is 30.1 Å². The van der Waals surface area contributed by atoms with E-state index in [1.807, 2.05) is 20.8 Å². The Morgan fingerprint density at radius 1 is 1.07 bits per heavy atom. The topological polar surface area (TPSA) is 48.5 Å². The van der Waals surface area contributed by atoms with Gasteiger partial charge in [0.05, 0.1) is 28.7 Å². The van der Waals surface area contributed by atoms with Crippen molar-refractivity contribution in [3.05, 3.63) is 59.3 Å². The number of fused-ring (bicyclic) bond motifs is 1. The van der Waals surface area contributed by atoms with Crippen molar-refractivity contribution >= 4 is 11.0 Å². The molecule has 0 saturated carbocycles. The summed E-state index contributed by atoms with van der Waals surface area (Å²) >= 11 is 0. The van der Waals surface area contributed by atoms with Crippen LogP contribution in [0.25, 0.3) is 28.0 Å². The number of hydrogen-bond donors (Lipinski definition) is 0. The molecule has 3 heterocycles. The van der Waals surface area contributed by atoms with E-state index in [4.69, 9.17) is 0 Å². The highest BCUT2D eigenvalue weighted by Gasteiger charge is 2.25. The largest absolute Gasteiger partial charge is 0.272 e. The molecule has 3 aromatic heterocycles. The summed E-state index contributed by atoms with van der Waals surface area (Å²) < 4.78 is 44.7. The minimum absolute atomic E-state index is 0.0931. The SMILES string of the molecule is Cc1c(-c2cc(C(F)F)c3c(C(C)C)nn(-c4ccc(F)cc4)c3n2)cnn1C. The second-order valence-electron chi connectivity index (χ2n) is 7.29. The lowest BCUT2D eigenvalue weighted by molar-refractivity contribution is 0.153. The second-order valence-corrected chi connectivity index (χ2v) is 7.29. The van der Waals surface area contributed by atoms with Crippen LogP contribution in [0.3, 0.4) is 0 Å². The molecule has 0 aliphatic carbocycles. The van der Waals surface area contributed by atoms with Crippen LogP contribution in [0.4, 0.5) is 13.2 Å². The van der Waals surface area contributed by atoms with Crippen LogP contribution >= 0.6 is 0 Å². The van der Waals surface area contributed by atoms with Gasteiger partial charge in [0.2, 0.25) is 0 Å². The summed E-state index contributed by atoms with van der Waals surface area (Å²) in [7, 11) is 1.78. The zero-order chi connectivity index (χ0) is 20.9. The first kappa shape index (κ1) is 19.2. The standard InChI is InChI=1S/C21H20F3N5/c1-11(2)19-18-15(20(23)24)9-17(16-10-25-28(4)12(16)3)26-21(18)29(27-19)14-7-5-13(22)6-8-14/h5-11,20H,1-4H3. The molecule has 0 atom stereocenters. The van der Waals surface area contributed by atoms with Gasteiger partial charge < -0.3 is 0 Å². The van der Waals surface area contributed by atoms with Gasteiger partial charge in [-0.1, -0.05) is 13.8 Å². The first-order valence-electron chi connectivity index (χ1n) is 9.24. The Bertz CT molecular complexity index is 1190. The fraction of sp³-hybridized carbons (Fsp3) is 0.286. The lowest BCUT2D eigenvalue weighted by Crippen LogP contribution is -2.00. The molecule has 4 rings (SSSR count). The van der Waals surface area contributed by atoms with Crippen LogP contribution in [0, 0.1) is 12.7 Å². The normalized spacial score (nSPS) is 11.9. The van der Waals surface area contributed by atoms with Crippen LogP contribution in [0.1, 0.15) is 43.1 Å². The van der Waals surface area contributed by atoms with Gasteiger partial charge in [-0.05, 0) is 43.2 Å². The van der Waals surface area contributed by atoms with Crippen LogP contribution in [-0.2, 0) is 7.05 Å². The maximum atomic E-state index is 14.1. The summed E-state index contributed by atoms with van der Waals surface area (Å²) in [6.07, 6.45) is -1.08. The number of nitrogens with zero attached hydrogens (tertiary/aromatic N) is 5.